The zero-order valence-electron chi connectivity index (χ0n) is 19.0. The quantitative estimate of drug-likeness (QED) is 0.488. The Morgan fingerprint density at radius 1 is 1.03 bits per heavy atom. The van der Waals surface area contributed by atoms with E-state index in [-0.39, 0.29) is 17.3 Å². The minimum absolute atomic E-state index is 0.176. The van der Waals surface area contributed by atoms with Crippen molar-refractivity contribution in [3.63, 3.8) is 0 Å². The molecule has 7 heteroatoms. The van der Waals surface area contributed by atoms with Crippen LogP contribution in [0, 0.1) is 13.8 Å². The molecule has 1 N–H and O–H groups in total. The van der Waals surface area contributed by atoms with Crippen molar-refractivity contribution < 1.29 is 13.2 Å². The highest BCUT2D eigenvalue weighted by atomic mass is 32.2. The zero-order chi connectivity index (χ0) is 23.0. The summed E-state index contributed by atoms with van der Waals surface area (Å²) in [6, 6.07) is 13.7. The van der Waals surface area contributed by atoms with Gasteiger partial charge in [0.15, 0.2) is 0 Å². The number of carbonyl (C=O) groups is 1. The first-order chi connectivity index (χ1) is 15.4. The Balaban J connectivity index is 1.63. The number of carbonyl (C=O) groups excluding carboxylic acids is 1. The molecule has 0 aromatic heterocycles. The van der Waals surface area contributed by atoms with Crippen molar-refractivity contribution in [1.29, 1.82) is 0 Å². The number of nitrogens with one attached hydrogen (secondary N) is 1. The number of hydrogen-bond donors (Lipinski definition) is 1. The van der Waals surface area contributed by atoms with E-state index in [4.69, 9.17) is 0 Å². The van der Waals surface area contributed by atoms with Gasteiger partial charge >= 0.3 is 0 Å². The van der Waals surface area contributed by atoms with Crippen LogP contribution in [0.3, 0.4) is 0 Å². The molecule has 2 aromatic rings. The minimum atomic E-state index is -3.86. The molecule has 174 valence electrons. The van der Waals surface area contributed by atoms with Crippen molar-refractivity contribution >= 4 is 33.4 Å². The van der Waals surface area contributed by atoms with Gasteiger partial charge in [-0.3, -0.25) is 9.10 Å². The molecule has 0 spiro atoms. The molecule has 2 aromatic carbocycles. The van der Waals surface area contributed by atoms with Gasteiger partial charge in [-0.25, -0.2) is 8.42 Å². The maximum Gasteiger partial charge on any atom is 0.264 e. The summed E-state index contributed by atoms with van der Waals surface area (Å²) < 4.78 is 27.9. The van der Waals surface area contributed by atoms with Crippen LogP contribution in [0.25, 0.3) is 0 Å². The lowest BCUT2D eigenvalue weighted by molar-refractivity contribution is -0.119. The summed E-state index contributed by atoms with van der Waals surface area (Å²) in [7, 11) is -3.86. The third kappa shape index (κ3) is 6.75. The molecule has 1 saturated carbocycles. The number of hydrogen-bond acceptors (Lipinski definition) is 4. The standard InChI is InChI=1S/C25H34N2O3S2/c1-20-14-15-22(18-21(20)2)27(32(29,30)24-12-7-4-8-13-24)19-25(28)26-16-9-17-31-23-10-5-3-6-11-23/h4,7-8,12-15,18,23H,3,5-6,9-11,16-17,19H2,1-2H3,(H,26,28). The van der Waals surface area contributed by atoms with E-state index in [2.05, 4.69) is 5.32 Å². The molecule has 1 aliphatic rings. The fourth-order valence-corrected chi connectivity index (χ4v) is 6.63. The van der Waals surface area contributed by atoms with Gasteiger partial charge in [0.25, 0.3) is 10.0 Å². The second-order valence-corrected chi connectivity index (χ2v) is 11.7. The van der Waals surface area contributed by atoms with E-state index in [9.17, 15) is 13.2 Å². The van der Waals surface area contributed by atoms with E-state index >= 15 is 0 Å². The number of amides is 1. The Morgan fingerprint density at radius 2 is 1.75 bits per heavy atom. The zero-order valence-corrected chi connectivity index (χ0v) is 20.7. The number of rotatable bonds is 10. The molecule has 0 aliphatic heterocycles. The summed E-state index contributed by atoms with van der Waals surface area (Å²) in [4.78, 5) is 12.9. The van der Waals surface area contributed by atoms with E-state index in [1.165, 1.54) is 36.4 Å². The van der Waals surface area contributed by atoms with Crippen molar-refractivity contribution in [1.82, 2.24) is 5.32 Å². The normalized spacial score (nSPS) is 14.8. The first-order valence-electron chi connectivity index (χ1n) is 11.4. The number of aryl methyl sites for hydroxylation is 2. The second-order valence-electron chi connectivity index (χ2n) is 8.43. The molecule has 0 radical (unpaired) electrons. The van der Waals surface area contributed by atoms with Crippen LogP contribution in [0.4, 0.5) is 5.69 Å². The number of nitrogens with zero attached hydrogens (tertiary/aromatic N) is 1. The third-order valence-corrected chi connectivity index (χ3v) is 9.20. The number of sulfonamides is 1. The van der Waals surface area contributed by atoms with Gasteiger partial charge in [0, 0.05) is 11.8 Å². The van der Waals surface area contributed by atoms with Crippen LogP contribution in [-0.4, -0.2) is 38.4 Å². The fourth-order valence-electron chi connectivity index (χ4n) is 3.88. The van der Waals surface area contributed by atoms with Crippen LogP contribution in [0.5, 0.6) is 0 Å². The van der Waals surface area contributed by atoms with Crippen molar-refractivity contribution in [2.24, 2.45) is 0 Å². The molecule has 0 saturated heterocycles. The van der Waals surface area contributed by atoms with Gasteiger partial charge < -0.3 is 5.32 Å². The van der Waals surface area contributed by atoms with Crippen LogP contribution < -0.4 is 9.62 Å². The highest BCUT2D eigenvalue weighted by Gasteiger charge is 2.27. The molecule has 5 nitrogen and oxygen atoms in total. The van der Waals surface area contributed by atoms with Crippen molar-refractivity contribution in [3.05, 3.63) is 59.7 Å². The van der Waals surface area contributed by atoms with Crippen LogP contribution in [0.1, 0.15) is 49.7 Å². The number of thioether (sulfide) groups is 1. The largest absolute Gasteiger partial charge is 0.354 e. The van der Waals surface area contributed by atoms with E-state index in [0.29, 0.717) is 12.2 Å². The Morgan fingerprint density at radius 3 is 2.44 bits per heavy atom. The first kappa shape index (κ1) is 24.6. The molecule has 1 fully saturated rings. The number of benzene rings is 2. The average Bonchev–Trinajstić information content (AvgIpc) is 2.80. The summed E-state index contributed by atoms with van der Waals surface area (Å²) >= 11 is 2.01. The lowest BCUT2D eigenvalue weighted by Gasteiger charge is -2.25. The van der Waals surface area contributed by atoms with Crippen LogP contribution in [-0.2, 0) is 14.8 Å². The van der Waals surface area contributed by atoms with Crippen LogP contribution in [0.15, 0.2) is 53.4 Å². The Hall–Kier alpha value is -1.99. The van der Waals surface area contributed by atoms with Gasteiger partial charge in [0.2, 0.25) is 5.91 Å². The predicted octanol–water partition coefficient (Wildman–Crippen LogP) is 5.07. The fraction of sp³-hybridized carbons (Fsp3) is 0.480. The molecular formula is C25H34N2O3S2. The van der Waals surface area contributed by atoms with E-state index in [0.717, 1.165) is 28.6 Å². The summed E-state index contributed by atoms with van der Waals surface area (Å²) in [6.07, 6.45) is 7.52. The average molecular weight is 475 g/mol. The maximum absolute atomic E-state index is 13.4. The van der Waals surface area contributed by atoms with E-state index in [1.807, 2.05) is 37.7 Å². The van der Waals surface area contributed by atoms with Gasteiger partial charge in [-0.2, -0.15) is 11.8 Å². The van der Waals surface area contributed by atoms with Gasteiger partial charge in [0.05, 0.1) is 10.6 Å². The predicted molar refractivity (Wildman–Crippen MR) is 134 cm³/mol. The maximum atomic E-state index is 13.4. The smallest absolute Gasteiger partial charge is 0.264 e. The topological polar surface area (TPSA) is 66.5 Å². The van der Waals surface area contributed by atoms with Gasteiger partial charge in [-0.05, 0) is 74.3 Å². The Labute approximate surface area is 197 Å². The summed E-state index contributed by atoms with van der Waals surface area (Å²) in [5.41, 5.74) is 2.56. The van der Waals surface area contributed by atoms with Gasteiger partial charge in [0.1, 0.15) is 6.54 Å². The monoisotopic (exact) mass is 474 g/mol. The molecule has 1 amide bonds. The lowest BCUT2D eigenvalue weighted by atomic mass is 10.0. The second kappa shape index (κ2) is 11.8. The molecule has 32 heavy (non-hydrogen) atoms. The highest BCUT2D eigenvalue weighted by Crippen LogP contribution is 2.28. The van der Waals surface area contributed by atoms with Gasteiger partial charge in [-0.15, -0.1) is 0 Å². The summed E-state index contributed by atoms with van der Waals surface area (Å²) in [5, 5.41) is 3.67. The molecule has 0 heterocycles. The molecule has 0 bridgehead atoms. The summed E-state index contributed by atoms with van der Waals surface area (Å²) in [5.74, 6) is 0.735. The van der Waals surface area contributed by atoms with Crippen molar-refractivity contribution in [2.45, 2.75) is 62.5 Å². The Kier molecular flexibility index (Phi) is 9.05. The molecule has 0 unspecified atom stereocenters. The Bertz CT molecular complexity index is 988. The molecule has 0 atom stereocenters. The molecule has 3 rings (SSSR count). The van der Waals surface area contributed by atoms with Crippen LogP contribution in [0.2, 0.25) is 0 Å². The molecular weight excluding hydrogens is 440 g/mol. The number of anilines is 1. The third-order valence-electron chi connectivity index (χ3n) is 5.95. The lowest BCUT2D eigenvalue weighted by Crippen LogP contribution is -2.41. The van der Waals surface area contributed by atoms with Crippen LogP contribution >= 0.6 is 11.8 Å². The highest BCUT2D eigenvalue weighted by molar-refractivity contribution is 7.99. The molecule has 1 aliphatic carbocycles. The van der Waals surface area contributed by atoms with Gasteiger partial charge in [-0.1, -0.05) is 43.5 Å². The van der Waals surface area contributed by atoms with E-state index < -0.39 is 10.0 Å². The van der Waals surface area contributed by atoms with Crippen molar-refractivity contribution in [3.8, 4) is 0 Å². The summed E-state index contributed by atoms with van der Waals surface area (Å²) in [6.45, 7) is 4.24. The van der Waals surface area contributed by atoms with E-state index in [1.54, 1.807) is 36.4 Å². The van der Waals surface area contributed by atoms with Crippen molar-refractivity contribution in [2.75, 3.05) is 23.1 Å². The minimum Gasteiger partial charge on any atom is -0.354 e. The SMILES string of the molecule is Cc1ccc(N(CC(=O)NCCCSC2CCCCC2)S(=O)(=O)c2ccccc2)cc1C. The first-order valence-corrected chi connectivity index (χ1v) is 13.9.